The van der Waals surface area contributed by atoms with Gasteiger partial charge in [0.1, 0.15) is 0 Å². The Bertz CT molecular complexity index is 385. The normalized spacial score (nSPS) is 19.4. The van der Waals surface area contributed by atoms with Crippen LogP contribution in [0.25, 0.3) is 0 Å². The number of nitrogens with zero attached hydrogens (tertiary/aromatic N) is 3. The quantitative estimate of drug-likeness (QED) is 0.793. The Morgan fingerprint density at radius 2 is 2.30 bits per heavy atom. The van der Waals surface area contributed by atoms with Crippen molar-refractivity contribution in [2.45, 2.75) is 65.0 Å². The maximum atomic E-state index is 5.38. The van der Waals surface area contributed by atoms with Crippen LogP contribution in [0.15, 0.2) is 4.52 Å². The lowest BCUT2D eigenvalue weighted by Gasteiger charge is -2.23. The third-order valence-corrected chi connectivity index (χ3v) is 3.83. The molecular formula is C15H28N4O. The molecule has 5 nitrogen and oxygen atoms in total. The molecule has 1 aliphatic rings. The summed E-state index contributed by atoms with van der Waals surface area (Å²) < 4.78 is 5.38. The molecule has 1 N–H and O–H groups in total. The second kappa shape index (κ2) is 7.74. The van der Waals surface area contributed by atoms with Crippen LogP contribution in [-0.4, -0.2) is 40.7 Å². The van der Waals surface area contributed by atoms with Gasteiger partial charge < -0.3 is 9.84 Å². The van der Waals surface area contributed by atoms with Gasteiger partial charge in [0.25, 0.3) is 0 Å². The van der Waals surface area contributed by atoms with E-state index >= 15 is 0 Å². The van der Waals surface area contributed by atoms with E-state index < -0.39 is 0 Å². The molecule has 0 saturated carbocycles. The highest BCUT2D eigenvalue weighted by Gasteiger charge is 2.20. The highest BCUT2D eigenvalue weighted by Crippen LogP contribution is 2.13. The van der Waals surface area contributed by atoms with Gasteiger partial charge in [0.15, 0.2) is 5.82 Å². The minimum Gasteiger partial charge on any atom is -0.338 e. The van der Waals surface area contributed by atoms with Crippen molar-refractivity contribution in [3.63, 3.8) is 0 Å². The van der Waals surface area contributed by atoms with Crippen LogP contribution in [-0.2, 0) is 6.54 Å². The first kappa shape index (κ1) is 15.4. The Hall–Kier alpha value is -0.940. The van der Waals surface area contributed by atoms with E-state index in [1.807, 2.05) is 0 Å². The minimum absolute atomic E-state index is 0.327. The molecule has 1 unspecified atom stereocenters. The molecule has 2 heterocycles. The van der Waals surface area contributed by atoms with Crippen molar-refractivity contribution in [1.82, 2.24) is 20.4 Å². The molecule has 1 fully saturated rings. The highest BCUT2D eigenvalue weighted by molar-refractivity contribution is 4.92. The fraction of sp³-hybridized carbons (Fsp3) is 0.867. The highest BCUT2D eigenvalue weighted by atomic mass is 16.5. The maximum absolute atomic E-state index is 5.38. The molecule has 0 spiro atoms. The summed E-state index contributed by atoms with van der Waals surface area (Å²) in [4.78, 5) is 6.94. The Kier molecular flexibility index (Phi) is 5.98. The average Bonchev–Trinajstić information content (AvgIpc) is 3.07. The van der Waals surface area contributed by atoms with E-state index in [0.717, 1.165) is 37.9 Å². The van der Waals surface area contributed by atoms with Gasteiger partial charge >= 0.3 is 0 Å². The van der Waals surface area contributed by atoms with Crippen molar-refractivity contribution in [2.24, 2.45) is 0 Å². The molecule has 1 saturated heterocycles. The number of unbranched alkanes of at least 4 members (excludes halogenated alkanes) is 1. The Labute approximate surface area is 122 Å². The van der Waals surface area contributed by atoms with E-state index in [2.05, 4.69) is 41.1 Å². The predicted octanol–water partition coefficient (Wildman–Crippen LogP) is 2.55. The topological polar surface area (TPSA) is 54.2 Å². The molecule has 0 amide bonds. The minimum atomic E-state index is 0.327. The van der Waals surface area contributed by atoms with Crippen molar-refractivity contribution in [3.05, 3.63) is 11.7 Å². The zero-order valence-corrected chi connectivity index (χ0v) is 13.1. The molecule has 1 aliphatic heterocycles. The standard InChI is InChI=1S/C15H28N4O/c1-4-5-9-19(10-13-7-6-8-16-13)11-14-17-15(12(2)3)18-20-14/h12-13,16H,4-11H2,1-3H3. The summed E-state index contributed by atoms with van der Waals surface area (Å²) in [6, 6.07) is 0.624. The van der Waals surface area contributed by atoms with Crippen LogP contribution in [0.3, 0.4) is 0 Å². The number of rotatable bonds is 8. The molecule has 1 aromatic rings. The fourth-order valence-electron chi connectivity index (χ4n) is 2.60. The van der Waals surface area contributed by atoms with Gasteiger partial charge in [0.05, 0.1) is 6.54 Å². The second-order valence-corrected chi connectivity index (χ2v) is 6.08. The Balaban J connectivity index is 1.90. The third kappa shape index (κ3) is 4.56. The lowest BCUT2D eigenvalue weighted by Crippen LogP contribution is -2.37. The largest absolute Gasteiger partial charge is 0.338 e. The SMILES string of the molecule is CCCCN(Cc1nc(C(C)C)no1)CC1CCCN1. The summed E-state index contributed by atoms with van der Waals surface area (Å²) in [6.07, 6.45) is 5.02. The summed E-state index contributed by atoms with van der Waals surface area (Å²) in [5.41, 5.74) is 0. The van der Waals surface area contributed by atoms with E-state index in [9.17, 15) is 0 Å². The van der Waals surface area contributed by atoms with E-state index in [4.69, 9.17) is 4.52 Å². The van der Waals surface area contributed by atoms with E-state index in [0.29, 0.717) is 12.0 Å². The molecule has 114 valence electrons. The van der Waals surface area contributed by atoms with Crippen LogP contribution in [0.1, 0.15) is 64.1 Å². The van der Waals surface area contributed by atoms with Gasteiger partial charge in [-0.3, -0.25) is 4.90 Å². The van der Waals surface area contributed by atoms with Crippen molar-refractivity contribution >= 4 is 0 Å². The van der Waals surface area contributed by atoms with E-state index in [1.54, 1.807) is 0 Å². The van der Waals surface area contributed by atoms with Crippen molar-refractivity contribution in [2.75, 3.05) is 19.6 Å². The molecule has 0 aromatic carbocycles. The van der Waals surface area contributed by atoms with Gasteiger partial charge in [-0.25, -0.2) is 0 Å². The molecular weight excluding hydrogens is 252 g/mol. The first-order chi connectivity index (χ1) is 9.69. The lowest BCUT2D eigenvalue weighted by molar-refractivity contribution is 0.206. The zero-order valence-electron chi connectivity index (χ0n) is 13.1. The lowest BCUT2D eigenvalue weighted by atomic mass is 10.2. The number of hydrogen-bond donors (Lipinski definition) is 1. The fourth-order valence-corrected chi connectivity index (χ4v) is 2.60. The monoisotopic (exact) mass is 280 g/mol. The Morgan fingerprint density at radius 1 is 1.45 bits per heavy atom. The van der Waals surface area contributed by atoms with Crippen molar-refractivity contribution in [1.29, 1.82) is 0 Å². The molecule has 0 aliphatic carbocycles. The summed E-state index contributed by atoms with van der Waals surface area (Å²) >= 11 is 0. The molecule has 5 heteroatoms. The number of aromatic nitrogens is 2. The van der Waals surface area contributed by atoms with Crippen molar-refractivity contribution < 1.29 is 4.52 Å². The van der Waals surface area contributed by atoms with E-state index in [1.165, 1.54) is 25.7 Å². The summed E-state index contributed by atoms with van der Waals surface area (Å²) in [5, 5.41) is 7.62. The van der Waals surface area contributed by atoms with Crippen LogP contribution in [0.2, 0.25) is 0 Å². The van der Waals surface area contributed by atoms with Gasteiger partial charge in [-0.1, -0.05) is 32.3 Å². The molecule has 20 heavy (non-hydrogen) atoms. The smallest absolute Gasteiger partial charge is 0.240 e. The van der Waals surface area contributed by atoms with Crippen LogP contribution >= 0.6 is 0 Å². The molecule has 1 atom stereocenters. The third-order valence-electron chi connectivity index (χ3n) is 3.83. The summed E-state index contributed by atoms with van der Waals surface area (Å²) in [5.74, 6) is 1.89. The molecule has 0 bridgehead atoms. The average molecular weight is 280 g/mol. The van der Waals surface area contributed by atoms with Gasteiger partial charge in [-0.15, -0.1) is 0 Å². The van der Waals surface area contributed by atoms with Gasteiger partial charge in [-0.05, 0) is 32.4 Å². The van der Waals surface area contributed by atoms with Crippen LogP contribution < -0.4 is 5.32 Å². The Morgan fingerprint density at radius 3 is 2.90 bits per heavy atom. The molecule has 1 aromatic heterocycles. The zero-order chi connectivity index (χ0) is 14.4. The van der Waals surface area contributed by atoms with Crippen molar-refractivity contribution in [3.8, 4) is 0 Å². The van der Waals surface area contributed by atoms with Gasteiger partial charge in [0.2, 0.25) is 5.89 Å². The van der Waals surface area contributed by atoms with E-state index in [-0.39, 0.29) is 0 Å². The maximum Gasteiger partial charge on any atom is 0.240 e. The summed E-state index contributed by atoms with van der Waals surface area (Å²) in [6.45, 7) is 10.5. The van der Waals surface area contributed by atoms with Crippen LogP contribution in [0, 0.1) is 0 Å². The number of nitrogens with one attached hydrogen (secondary N) is 1. The summed E-state index contributed by atoms with van der Waals surface area (Å²) in [7, 11) is 0. The second-order valence-electron chi connectivity index (χ2n) is 6.08. The van der Waals surface area contributed by atoms with Crippen LogP contribution in [0.5, 0.6) is 0 Å². The molecule has 2 rings (SSSR count). The number of hydrogen-bond acceptors (Lipinski definition) is 5. The van der Waals surface area contributed by atoms with Gasteiger partial charge in [-0.2, -0.15) is 4.98 Å². The first-order valence-electron chi connectivity index (χ1n) is 7.97. The van der Waals surface area contributed by atoms with Gasteiger partial charge in [0, 0.05) is 18.5 Å². The van der Waals surface area contributed by atoms with Crippen LogP contribution in [0.4, 0.5) is 0 Å². The first-order valence-corrected chi connectivity index (χ1v) is 7.97. The molecule has 0 radical (unpaired) electrons. The predicted molar refractivity (Wildman–Crippen MR) is 79.6 cm³/mol.